The lowest BCUT2D eigenvalue weighted by molar-refractivity contribution is 0.0206. The topological polar surface area (TPSA) is 32.3 Å². The monoisotopic (exact) mass is 157 g/mol. The predicted molar refractivity (Wildman–Crippen MR) is 46.4 cm³/mol. The number of hydrogen-bond donors (Lipinski definition) is 2. The van der Waals surface area contributed by atoms with Crippen LogP contribution in [0.3, 0.4) is 0 Å². The molecule has 0 saturated carbocycles. The van der Waals surface area contributed by atoms with E-state index in [1.165, 1.54) is 0 Å². The van der Waals surface area contributed by atoms with E-state index in [2.05, 4.69) is 26.1 Å². The van der Waals surface area contributed by atoms with Crippen LogP contribution < -0.4 is 5.32 Å². The summed E-state index contributed by atoms with van der Waals surface area (Å²) < 4.78 is 0. The van der Waals surface area contributed by atoms with Gasteiger partial charge in [0, 0.05) is 6.54 Å². The Bertz CT molecular complexity index is 128. The Labute approximate surface area is 69.0 Å². The summed E-state index contributed by atoms with van der Waals surface area (Å²) >= 11 is 0. The molecule has 2 atom stereocenters. The molecule has 1 heterocycles. The minimum Gasteiger partial charge on any atom is -0.391 e. The van der Waals surface area contributed by atoms with Crippen molar-refractivity contribution in [3.8, 4) is 0 Å². The maximum absolute atomic E-state index is 9.64. The van der Waals surface area contributed by atoms with Gasteiger partial charge in [0.2, 0.25) is 0 Å². The highest BCUT2D eigenvalue weighted by Gasteiger charge is 2.32. The number of hydrogen-bond acceptors (Lipinski definition) is 2. The molecule has 0 aromatic heterocycles. The van der Waals surface area contributed by atoms with Crippen LogP contribution in [0, 0.1) is 11.3 Å². The zero-order chi connectivity index (χ0) is 8.48. The summed E-state index contributed by atoms with van der Waals surface area (Å²) in [5.74, 6) is 0.462. The largest absolute Gasteiger partial charge is 0.391 e. The van der Waals surface area contributed by atoms with Gasteiger partial charge in [0.25, 0.3) is 0 Å². The Kier molecular flexibility index (Phi) is 2.55. The van der Waals surface area contributed by atoms with Gasteiger partial charge in [0.1, 0.15) is 0 Å². The van der Waals surface area contributed by atoms with Crippen LogP contribution in [-0.4, -0.2) is 24.3 Å². The number of β-amino-alcohol motifs (C(OH)–C–C–N with tert-alkyl or cyclic N) is 1. The smallest absolute Gasteiger partial charge is 0.0698 e. The van der Waals surface area contributed by atoms with Crippen molar-refractivity contribution in [1.82, 2.24) is 5.32 Å². The molecule has 11 heavy (non-hydrogen) atoms. The Balaban J connectivity index is 2.55. The van der Waals surface area contributed by atoms with E-state index in [4.69, 9.17) is 0 Å². The van der Waals surface area contributed by atoms with Crippen molar-refractivity contribution in [3.05, 3.63) is 0 Å². The minimum absolute atomic E-state index is 0.149. The molecule has 66 valence electrons. The summed E-state index contributed by atoms with van der Waals surface area (Å²) in [6.45, 7) is 8.42. The molecule has 1 unspecified atom stereocenters. The molecule has 0 amide bonds. The lowest BCUT2D eigenvalue weighted by Gasteiger charge is -2.38. The Morgan fingerprint density at radius 3 is 2.36 bits per heavy atom. The van der Waals surface area contributed by atoms with Gasteiger partial charge in [-0.2, -0.15) is 0 Å². The summed E-state index contributed by atoms with van der Waals surface area (Å²) in [6.07, 6.45) is 0.953. The van der Waals surface area contributed by atoms with E-state index < -0.39 is 0 Å². The van der Waals surface area contributed by atoms with E-state index >= 15 is 0 Å². The van der Waals surface area contributed by atoms with Crippen LogP contribution in [0.1, 0.15) is 27.2 Å². The van der Waals surface area contributed by atoms with E-state index in [0.717, 1.165) is 19.5 Å². The summed E-state index contributed by atoms with van der Waals surface area (Å²) in [6, 6.07) is 0. The Hall–Kier alpha value is -0.0800. The number of nitrogens with one attached hydrogen (secondary N) is 1. The van der Waals surface area contributed by atoms with E-state index in [-0.39, 0.29) is 11.5 Å². The zero-order valence-corrected chi connectivity index (χ0v) is 7.72. The molecule has 1 aliphatic rings. The predicted octanol–water partition coefficient (Wildman–Crippen LogP) is 1.00. The summed E-state index contributed by atoms with van der Waals surface area (Å²) in [5.41, 5.74) is 0.252. The van der Waals surface area contributed by atoms with E-state index in [9.17, 15) is 5.11 Å². The third-order valence-electron chi connectivity index (χ3n) is 2.56. The van der Waals surface area contributed by atoms with Gasteiger partial charge < -0.3 is 10.4 Å². The molecule has 2 heteroatoms. The maximum atomic E-state index is 9.64. The highest BCUT2D eigenvalue weighted by atomic mass is 16.3. The third kappa shape index (κ3) is 2.17. The van der Waals surface area contributed by atoms with E-state index in [1.807, 2.05) is 0 Å². The number of aliphatic hydroxyl groups is 1. The standard InChI is InChI=1S/C9H19NO/c1-9(2,3)7-4-5-10-6-8(7)11/h7-8,10-11H,4-6H2,1-3H3/t7?,8-/m1/s1. The van der Waals surface area contributed by atoms with Crippen molar-refractivity contribution < 1.29 is 5.11 Å². The van der Waals surface area contributed by atoms with Gasteiger partial charge in [-0.05, 0) is 24.3 Å². The van der Waals surface area contributed by atoms with Crippen molar-refractivity contribution >= 4 is 0 Å². The first-order chi connectivity index (χ1) is 5.02. The molecule has 1 aliphatic heterocycles. The Morgan fingerprint density at radius 2 is 2.00 bits per heavy atom. The van der Waals surface area contributed by atoms with Crippen LogP contribution in [0.2, 0.25) is 0 Å². The molecule has 0 aromatic rings. The van der Waals surface area contributed by atoms with Crippen molar-refractivity contribution in [2.45, 2.75) is 33.3 Å². The van der Waals surface area contributed by atoms with Crippen molar-refractivity contribution in [2.75, 3.05) is 13.1 Å². The lowest BCUT2D eigenvalue weighted by Crippen LogP contribution is -2.45. The Morgan fingerprint density at radius 1 is 1.36 bits per heavy atom. The summed E-state index contributed by atoms with van der Waals surface area (Å²) in [7, 11) is 0. The molecule has 0 bridgehead atoms. The molecule has 0 spiro atoms. The molecular weight excluding hydrogens is 138 g/mol. The average Bonchev–Trinajstić information content (AvgIpc) is 1.86. The molecule has 1 rings (SSSR count). The highest BCUT2D eigenvalue weighted by molar-refractivity contribution is 4.85. The molecule has 2 nitrogen and oxygen atoms in total. The summed E-state index contributed by atoms with van der Waals surface area (Å²) in [5, 5.41) is 12.8. The van der Waals surface area contributed by atoms with Gasteiger partial charge in [0.05, 0.1) is 6.10 Å². The first kappa shape index (κ1) is 9.01. The number of piperidine rings is 1. The second-order valence-electron chi connectivity index (χ2n) is 4.53. The highest BCUT2D eigenvalue weighted by Crippen LogP contribution is 2.32. The van der Waals surface area contributed by atoms with Crippen molar-refractivity contribution in [2.24, 2.45) is 11.3 Å². The molecule has 0 aromatic carbocycles. The fourth-order valence-electron chi connectivity index (χ4n) is 1.85. The number of rotatable bonds is 0. The quantitative estimate of drug-likeness (QED) is 0.550. The summed E-state index contributed by atoms with van der Waals surface area (Å²) in [4.78, 5) is 0. The number of aliphatic hydroxyl groups excluding tert-OH is 1. The van der Waals surface area contributed by atoms with Crippen LogP contribution >= 0.6 is 0 Å². The first-order valence-corrected chi connectivity index (χ1v) is 4.40. The van der Waals surface area contributed by atoms with Gasteiger partial charge >= 0.3 is 0 Å². The van der Waals surface area contributed by atoms with Crippen molar-refractivity contribution in [1.29, 1.82) is 0 Å². The van der Waals surface area contributed by atoms with Crippen LogP contribution in [0.15, 0.2) is 0 Å². The second kappa shape index (κ2) is 3.11. The SMILES string of the molecule is CC(C)(C)C1CCNC[C@H]1O. The average molecular weight is 157 g/mol. The van der Waals surface area contributed by atoms with Crippen LogP contribution in [-0.2, 0) is 0 Å². The van der Waals surface area contributed by atoms with Gasteiger partial charge in [-0.15, -0.1) is 0 Å². The van der Waals surface area contributed by atoms with Gasteiger partial charge in [-0.1, -0.05) is 20.8 Å². The molecular formula is C9H19NO. The maximum Gasteiger partial charge on any atom is 0.0698 e. The van der Waals surface area contributed by atoms with Crippen molar-refractivity contribution in [3.63, 3.8) is 0 Å². The van der Waals surface area contributed by atoms with Gasteiger partial charge in [-0.25, -0.2) is 0 Å². The first-order valence-electron chi connectivity index (χ1n) is 4.40. The lowest BCUT2D eigenvalue weighted by atomic mass is 9.74. The minimum atomic E-state index is -0.149. The van der Waals surface area contributed by atoms with E-state index in [0.29, 0.717) is 5.92 Å². The van der Waals surface area contributed by atoms with Gasteiger partial charge in [0.15, 0.2) is 0 Å². The van der Waals surface area contributed by atoms with Crippen LogP contribution in [0.4, 0.5) is 0 Å². The fourth-order valence-corrected chi connectivity index (χ4v) is 1.85. The van der Waals surface area contributed by atoms with Gasteiger partial charge in [-0.3, -0.25) is 0 Å². The molecule has 0 aliphatic carbocycles. The normalized spacial score (nSPS) is 33.8. The van der Waals surface area contributed by atoms with Crippen LogP contribution in [0.5, 0.6) is 0 Å². The molecule has 1 saturated heterocycles. The molecule has 1 fully saturated rings. The fraction of sp³-hybridized carbons (Fsp3) is 1.00. The van der Waals surface area contributed by atoms with Crippen LogP contribution in [0.25, 0.3) is 0 Å². The zero-order valence-electron chi connectivity index (χ0n) is 7.72. The van der Waals surface area contributed by atoms with E-state index in [1.54, 1.807) is 0 Å². The molecule has 2 N–H and O–H groups in total. The second-order valence-corrected chi connectivity index (χ2v) is 4.53. The molecule has 0 radical (unpaired) electrons. The third-order valence-corrected chi connectivity index (χ3v) is 2.56.